The number of anilines is 1. The van der Waals surface area contributed by atoms with Gasteiger partial charge in [-0.15, -0.1) is 0 Å². The van der Waals surface area contributed by atoms with Gasteiger partial charge < -0.3 is 14.2 Å². The third-order valence-corrected chi connectivity index (χ3v) is 10.5. The van der Waals surface area contributed by atoms with E-state index in [1.165, 1.54) is 5.56 Å². The van der Waals surface area contributed by atoms with Gasteiger partial charge in [-0.1, -0.05) is 42.5 Å². The summed E-state index contributed by atoms with van der Waals surface area (Å²) in [5.41, 5.74) is 3.83. The second-order valence-corrected chi connectivity index (χ2v) is 13.5. The smallest absolute Gasteiger partial charge is 0.262 e. The number of sulfonamides is 1. The average Bonchev–Trinajstić information content (AvgIpc) is 3.68. The highest BCUT2D eigenvalue weighted by atomic mass is 32.2. The Bertz CT molecular complexity index is 1710. The van der Waals surface area contributed by atoms with Gasteiger partial charge in [0.1, 0.15) is 12.3 Å². The van der Waals surface area contributed by atoms with E-state index in [9.17, 15) is 13.2 Å². The molecule has 1 spiro atoms. The number of likely N-dealkylation sites (tertiary alicyclic amines) is 2. The van der Waals surface area contributed by atoms with E-state index < -0.39 is 10.0 Å². The van der Waals surface area contributed by atoms with Crippen LogP contribution in [0.15, 0.2) is 77.8 Å². The van der Waals surface area contributed by atoms with E-state index >= 15 is 0 Å². The second kappa shape index (κ2) is 11.1. The van der Waals surface area contributed by atoms with Crippen molar-refractivity contribution in [2.24, 2.45) is 5.41 Å². The second-order valence-electron chi connectivity index (χ2n) is 11.9. The molecule has 4 aromatic rings. The Morgan fingerprint density at radius 3 is 2.43 bits per heavy atom. The highest BCUT2D eigenvalue weighted by Gasteiger charge is 2.44. The quantitative estimate of drug-likeness (QED) is 0.307. The Hall–Kier alpha value is -3.82. The van der Waals surface area contributed by atoms with Crippen LogP contribution in [0.4, 0.5) is 5.69 Å². The first kappa shape index (κ1) is 28.3. The number of rotatable bonds is 8. The number of para-hydroxylation sites is 1. The molecule has 9 heteroatoms. The van der Waals surface area contributed by atoms with Crippen LogP contribution in [0, 0.1) is 19.3 Å². The lowest BCUT2D eigenvalue weighted by molar-refractivity contribution is -0.131. The van der Waals surface area contributed by atoms with Gasteiger partial charge in [-0.2, -0.15) is 0 Å². The van der Waals surface area contributed by atoms with Crippen molar-refractivity contribution in [3.05, 3.63) is 89.6 Å². The largest absolute Gasteiger partial charge is 0.497 e. The van der Waals surface area contributed by atoms with Crippen LogP contribution in [0.3, 0.4) is 0 Å². The molecule has 1 atom stereocenters. The van der Waals surface area contributed by atoms with E-state index in [1.54, 1.807) is 39.2 Å². The lowest BCUT2D eigenvalue weighted by atomic mass is 9.86. The molecule has 3 heterocycles. The molecule has 8 nitrogen and oxygen atoms in total. The normalized spacial score (nSPS) is 19.2. The lowest BCUT2D eigenvalue weighted by Crippen LogP contribution is -2.35. The molecule has 1 amide bonds. The summed E-state index contributed by atoms with van der Waals surface area (Å²) >= 11 is 0. The van der Waals surface area contributed by atoms with Crippen LogP contribution in [-0.4, -0.2) is 62.0 Å². The van der Waals surface area contributed by atoms with Gasteiger partial charge in [0.15, 0.2) is 0 Å². The molecular formula is C33H38N4O4S. The van der Waals surface area contributed by atoms with Crippen LogP contribution in [0.25, 0.3) is 10.9 Å². The average molecular weight is 587 g/mol. The van der Waals surface area contributed by atoms with Gasteiger partial charge in [-0.3, -0.25) is 14.4 Å². The zero-order valence-electron chi connectivity index (χ0n) is 24.5. The SMILES string of the molecule is COc1cc(C)c(S(=O)(=O)Nc2cccc3ccn(CC(=O)N4CCC5(CCN(Cc6ccccc6)C5)C4)c23)c(C)c1. The molecule has 3 aromatic carbocycles. The van der Waals surface area contributed by atoms with Crippen molar-refractivity contribution in [1.82, 2.24) is 14.4 Å². The minimum absolute atomic E-state index is 0.0605. The van der Waals surface area contributed by atoms with Crippen LogP contribution < -0.4 is 9.46 Å². The topological polar surface area (TPSA) is 83.9 Å². The van der Waals surface area contributed by atoms with Crippen molar-refractivity contribution < 1.29 is 17.9 Å². The van der Waals surface area contributed by atoms with Crippen LogP contribution in [0.5, 0.6) is 5.75 Å². The van der Waals surface area contributed by atoms with Crippen molar-refractivity contribution in [3.63, 3.8) is 0 Å². The van der Waals surface area contributed by atoms with Gasteiger partial charge in [0, 0.05) is 43.2 Å². The maximum Gasteiger partial charge on any atom is 0.262 e. The number of ether oxygens (including phenoxy) is 1. The lowest BCUT2D eigenvalue weighted by Gasteiger charge is -2.25. The number of benzene rings is 3. The predicted molar refractivity (Wildman–Crippen MR) is 165 cm³/mol. The van der Waals surface area contributed by atoms with E-state index in [-0.39, 0.29) is 22.8 Å². The summed E-state index contributed by atoms with van der Waals surface area (Å²) in [5, 5.41) is 0.872. The van der Waals surface area contributed by atoms with Crippen LogP contribution in [0.2, 0.25) is 0 Å². The van der Waals surface area contributed by atoms with E-state index in [0.29, 0.717) is 28.1 Å². The number of carbonyl (C=O) groups is 1. The molecule has 2 aliphatic rings. The predicted octanol–water partition coefficient (Wildman–Crippen LogP) is 5.19. The molecular weight excluding hydrogens is 548 g/mol. The number of amides is 1. The molecule has 220 valence electrons. The van der Waals surface area contributed by atoms with Crippen molar-refractivity contribution >= 4 is 32.5 Å². The number of hydrogen-bond donors (Lipinski definition) is 1. The third kappa shape index (κ3) is 5.51. The van der Waals surface area contributed by atoms with Crippen LogP contribution in [-0.2, 0) is 27.9 Å². The number of fused-ring (bicyclic) bond motifs is 1. The van der Waals surface area contributed by atoms with Crippen LogP contribution >= 0.6 is 0 Å². The number of nitrogens with zero attached hydrogens (tertiary/aromatic N) is 3. The Morgan fingerprint density at radius 2 is 1.69 bits per heavy atom. The molecule has 0 radical (unpaired) electrons. The summed E-state index contributed by atoms with van der Waals surface area (Å²) in [6, 6.07) is 21.4. The summed E-state index contributed by atoms with van der Waals surface area (Å²) in [5.74, 6) is 0.675. The van der Waals surface area contributed by atoms with Gasteiger partial charge in [0.25, 0.3) is 10.0 Å². The molecule has 1 aromatic heterocycles. The highest BCUT2D eigenvalue weighted by molar-refractivity contribution is 7.92. The number of carbonyl (C=O) groups excluding carboxylic acids is 1. The van der Waals surface area contributed by atoms with E-state index in [2.05, 4.69) is 33.9 Å². The maximum absolute atomic E-state index is 13.6. The molecule has 0 aliphatic carbocycles. The van der Waals surface area contributed by atoms with Crippen molar-refractivity contribution in [1.29, 1.82) is 0 Å². The van der Waals surface area contributed by atoms with Gasteiger partial charge >= 0.3 is 0 Å². The fraction of sp³-hybridized carbons (Fsp3) is 0.364. The Labute approximate surface area is 247 Å². The number of nitrogens with one attached hydrogen (secondary N) is 1. The first-order valence-electron chi connectivity index (χ1n) is 14.5. The van der Waals surface area contributed by atoms with Gasteiger partial charge in [-0.25, -0.2) is 8.42 Å². The van der Waals surface area contributed by atoms with E-state index in [0.717, 1.165) is 51.0 Å². The summed E-state index contributed by atoms with van der Waals surface area (Å²) in [6.45, 7) is 8.22. The highest BCUT2D eigenvalue weighted by Crippen LogP contribution is 2.40. The maximum atomic E-state index is 13.6. The molecule has 2 aliphatic heterocycles. The molecule has 2 fully saturated rings. The summed E-state index contributed by atoms with van der Waals surface area (Å²) < 4.78 is 37.2. The monoisotopic (exact) mass is 586 g/mol. The zero-order chi connectivity index (χ0) is 29.5. The fourth-order valence-corrected chi connectivity index (χ4v) is 8.38. The number of aromatic nitrogens is 1. The zero-order valence-corrected chi connectivity index (χ0v) is 25.3. The minimum Gasteiger partial charge on any atom is -0.497 e. The Kier molecular flexibility index (Phi) is 7.49. The van der Waals surface area contributed by atoms with Crippen molar-refractivity contribution in [2.75, 3.05) is 38.0 Å². The van der Waals surface area contributed by atoms with Gasteiger partial charge in [0.05, 0.1) is 23.2 Å². The van der Waals surface area contributed by atoms with Gasteiger partial charge in [0.2, 0.25) is 5.91 Å². The Morgan fingerprint density at radius 1 is 0.952 bits per heavy atom. The third-order valence-electron chi connectivity index (χ3n) is 8.83. The Balaban J connectivity index is 1.18. The summed E-state index contributed by atoms with van der Waals surface area (Å²) in [6.07, 6.45) is 3.99. The fourth-order valence-electron chi connectivity index (χ4n) is 6.85. The number of methoxy groups -OCH3 is 1. The minimum atomic E-state index is -3.89. The molecule has 0 saturated carbocycles. The first-order chi connectivity index (χ1) is 20.2. The van der Waals surface area contributed by atoms with Gasteiger partial charge in [-0.05, 0) is 74.2 Å². The summed E-state index contributed by atoms with van der Waals surface area (Å²) in [4.78, 5) is 18.3. The molecule has 6 rings (SSSR count). The molecule has 2 saturated heterocycles. The summed E-state index contributed by atoms with van der Waals surface area (Å²) in [7, 11) is -2.33. The van der Waals surface area contributed by atoms with E-state index in [4.69, 9.17) is 4.74 Å². The molecule has 42 heavy (non-hydrogen) atoms. The molecule has 0 bridgehead atoms. The van der Waals surface area contributed by atoms with Crippen LogP contribution in [0.1, 0.15) is 29.5 Å². The molecule has 1 unspecified atom stereocenters. The first-order valence-corrected chi connectivity index (χ1v) is 15.9. The van der Waals surface area contributed by atoms with E-state index in [1.807, 2.05) is 39.9 Å². The van der Waals surface area contributed by atoms with Crippen molar-refractivity contribution in [2.45, 2.75) is 44.7 Å². The molecule has 1 N–H and O–H groups in total. The van der Waals surface area contributed by atoms with Crippen molar-refractivity contribution in [3.8, 4) is 5.75 Å². The standard InChI is InChI=1S/C33H38N4O4S/c1-24-18-28(41-3)19-25(2)32(24)42(39,40)34-29-11-7-10-27-12-15-36(31(27)29)21-30(38)37-17-14-33(23-37)13-16-35(22-33)20-26-8-5-4-6-9-26/h4-12,15,18-19,34H,13-14,16-17,20-23H2,1-3H3. The number of aryl methyl sites for hydroxylation is 2. The number of hydrogen-bond acceptors (Lipinski definition) is 5.